The first-order valence-electron chi connectivity index (χ1n) is 7.71. The zero-order valence-electron chi connectivity index (χ0n) is 13.0. The van der Waals surface area contributed by atoms with Crippen LogP contribution in [-0.2, 0) is 0 Å². The molecule has 0 spiro atoms. The SMILES string of the molecule is CC.CCCC(c1ccccc1)n1ccc2cncnc21. The summed E-state index contributed by atoms with van der Waals surface area (Å²) in [5, 5.41) is 1.10. The van der Waals surface area contributed by atoms with E-state index in [0.29, 0.717) is 6.04 Å². The highest BCUT2D eigenvalue weighted by molar-refractivity contribution is 5.75. The van der Waals surface area contributed by atoms with Crippen LogP contribution in [0, 0.1) is 0 Å². The van der Waals surface area contributed by atoms with Crippen LogP contribution >= 0.6 is 0 Å². The van der Waals surface area contributed by atoms with Gasteiger partial charge in [-0.1, -0.05) is 57.5 Å². The van der Waals surface area contributed by atoms with Crippen LogP contribution in [0.3, 0.4) is 0 Å². The second-order valence-electron chi connectivity index (χ2n) is 4.74. The molecule has 2 aromatic heterocycles. The first-order chi connectivity index (χ1) is 10.4. The summed E-state index contributed by atoms with van der Waals surface area (Å²) in [6.45, 7) is 6.22. The minimum atomic E-state index is 0.346. The van der Waals surface area contributed by atoms with Crippen LogP contribution in [0.15, 0.2) is 55.1 Å². The minimum Gasteiger partial charge on any atom is -0.325 e. The summed E-state index contributed by atoms with van der Waals surface area (Å²) in [6, 6.07) is 13.1. The largest absolute Gasteiger partial charge is 0.325 e. The zero-order valence-corrected chi connectivity index (χ0v) is 13.0. The molecule has 1 aromatic carbocycles. The number of aromatic nitrogens is 3. The van der Waals surface area contributed by atoms with E-state index >= 15 is 0 Å². The van der Waals surface area contributed by atoms with Crippen molar-refractivity contribution >= 4 is 11.0 Å². The van der Waals surface area contributed by atoms with Gasteiger partial charge < -0.3 is 4.57 Å². The van der Waals surface area contributed by atoms with Crippen molar-refractivity contribution in [2.75, 3.05) is 0 Å². The highest BCUT2D eigenvalue weighted by atomic mass is 15.1. The molecule has 110 valence electrons. The summed E-state index contributed by atoms with van der Waals surface area (Å²) < 4.78 is 2.26. The molecule has 0 bridgehead atoms. The van der Waals surface area contributed by atoms with E-state index in [1.165, 1.54) is 5.56 Å². The van der Waals surface area contributed by atoms with Crippen molar-refractivity contribution in [1.82, 2.24) is 14.5 Å². The number of hydrogen-bond acceptors (Lipinski definition) is 2. The topological polar surface area (TPSA) is 30.7 Å². The normalized spacial score (nSPS) is 11.8. The van der Waals surface area contributed by atoms with Gasteiger partial charge in [-0.3, -0.25) is 0 Å². The molecule has 0 saturated carbocycles. The van der Waals surface area contributed by atoms with Gasteiger partial charge in [0.05, 0.1) is 6.04 Å². The van der Waals surface area contributed by atoms with Gasteiger partial charge in [-0.25, -0.2) is 9.97 Å². The third kappa shape index (κ3) is 3.30. The Labute approximate surface area is 126 Å². The van der Waals surface area contributed by atoms with E-state index in [-0.39, 0.29) is 0 Å². The maximum Gasteiger partial charge on any atom is 0.143 e. The van der Waals surface area contributed by atoms with Gasteiger partial charge in [-0.2, -0.15) is 0 Å². The van der Waals surface area contributed by atoms with Crippen molar-refractivity contribution in [2.24, 2.45) is 0 Å². The third-order valence-corrected chi connectivity index (χ3v) is 3.46. The van der Waals surface area contributed by atoms with Crippen molar-refractivity contribution in [3.05, 3.63) is 60.7 Å². The molecule has 0 saturated heterocycles. The van der Waals surface area contributed by atoms with Gasteiger partial charge in [0.15, 0.2) is 0 Å². The molecule has 0 N–H and O–H groups in total. The van der Waals surface area contributed by atoms with E-state index in [0.717, 1.165) is 23.9 Å². The van der Waals surface area contributed by atoms with E-state index in [9.17, 15) is 0 Å². The summed E-state index contributed by atoms with van der Waals surface area (Å²) in [4.78, 5) is 8.50. The molecule has 2 heterocycles. The van der Waals surface area contributed by atoms with Crippen molar-refractivity contribution in [3.63, 3.8) is 0 Å². The van der Waals surface area contributed by atoms with E-state index in [4.69, 9.17) is 0 Å². The lowest BCUT2D eigenvalue weighted by atomic mass is 10.0. The molecule has 3 nitrogen and oxygen atoms in total. The van der Waals surface area contributed by atoms with E-state index in [1.807, 2.05) is 20.0 Å². The summed E-state index contributed by atoms with van der Waals surface area (Å²) in [7, 11) is 0. The summed E-state index contributed by atoms with van der Waals surface area (Å²) in [5.41, 5.74) is 2.35. The Morgan fingerprint density at radius 3 is 2.57 bits per heavy atom. The average Bonchev–Trinajstić information content (AvgIpc) is 2.99. The van der Waals surface area contributed by atoms with E-state index in [2.05, 4.69) is 64.1 Å². The van der Waals surface area contributed by atoms with Crippen LogP contribution in [0.5, 0.6) is 0 Å². The Bertz CT molecular complexity index is 658. The van der Waals surface area contributed by atoms with Crippen LogP contribution < -0.4 is 0 Å². The molecule has 1 unspecified atom stereocenters. The lowest BCUT2D eigenvalue weighted by Crippen LogP contribution is -2.10. The average molecular weight is 281 g/mol. The second-order valence-corrected chi connectivity index (χ2v) is 4.74. The molecule has 3 heteroatoms. The van der Waals surface area contributed by atoms with Gasteiger partial charge in [-0.05, 0) is 18.1 Å². The molecular weight excluding hydrogens is 258 g/mol. The number of fused-ring (bicyclic) bond motifs is 1. The van der Waals surface area contributed by atoms with Crippen LogP contribution in [-0.4, -0.2) is 14.5 Å². The first-order valence-corrected chi connectivity index (χ1v) is 7.71. The molecule has 0 radical (unpaired) electrons. The number of benzene rings is 1. The molecule has 3 aromatic rings. The van der Waals surface area contributed by atoms with Gasteiger partial charge in [0.25, 0.3) is 0 Å². The van der Waals surface area contributed by atoms with Crippen molar-refractivity contribution in [1.29, 1.82) is 0 Å². The lowest BCUT2D eigenvalue weighted by molar-refractivity contribution is 0.545. The predicted molar refractivity (Wildman–Crippen MR) is 88.4 cm³/mol. The second kappa shape index (κ2) is 7.58. The molecule has 0 fully saturated rings. The standard InChI is InChI=1S/C16H17N3.C2H6/c1-2-6-15(13-7-4-3-5-8-13)19-10-9-14-11-17-12-18-16(14)19;1-2/h3-5,7-12,15H,2,6H2,1H3;1-2H3. The van der Waals surface area contributed by atoms with Crippen molar-refractivity contribution in [3.8, 4) is 0 Å². The highest BCUT2D eigenvalue weighted by Crippen LogP contribution is 2.27. The van der Waals surface area contributed by atoms with Gasteiger partial charge in [0, 0.05) is 17.8 Å². The zero-order chi connectivity index (χ0) is 15.1. The van der Waals surface area contributed by atoms with Gasteiger partial charge in [0.2, 0.25) is 0 Å². The maximum atomic E-state index is 4.42. The van der Waals surface area contributed by atoms with Gasteiger partial charge in [0.1, 0.15) is 12.0 Å². The monoisotopic (exact) mass is 281 g/mol. The molecule has 0 aliphatic rings. The molecule has 3 rings (SSSR count). The molecular formula is C18H23N3. The van der Waals surface area contributed by atoms with Gasteiger partial charge >= 0.3 is 0 Å². The van der Waals surface area contributed by atoms with Gasteiger partial charge in [-0.15, -0.1) is 0 Å². The number of rotatable bonds is 4. The van der Waals surface area contributed by atoms with Crippen molar-refractivity contribution < 1.29 is 0 Å². The summed E-state index contributed by atoms with van der Waals surface area (Å²) in [5.74, 6) is 0. The Hall–Kier alpha value is -2.16. The molecule has 1 atom stereocenters. The number of nitrogens with zero attached hydrogens (tertiary/aromatic N) is 3. The van der Waals surface area contributed by atoms with E-state index < -0.39 is 0 Å². The smallest absolute Gasteiger partial charge is 0.143 e. The lowest BCUT2D eigenvalue weighted by Gasteiger charge is -2.19. The van der Waals surface area contributed by atoms with E-state index in [1.54, 1.807) is 6.33 Å². The Morgan fingerprint density at radius 1 is 1.10 bits per heavy atom. The Morgan fingerprint density at radius 2 is 1.86 bits per heavy atom. The first kappa shape index (κ1) is 15.2. The van der Waals surface area contributed by atoms with Crippen molar-refractivity contribution in [2.45, 2.75) is 39.7 Å². The molecule has 0 aliphatic carbocycles. The molecule has 0 amide bonds. The van der Waals surface area contributed by atoms with Crippen LogP contribution in [0.25, 0.3) is 11.0 Å². The quantitative estimate of drug-likeness (QED) is 0.684. The van der Waals surface area contributed by atoms with Crippen LogP contribution in [0.2, 0.25) is 0 Å². The fourth-order valence-electron chi connectivity index (χ4n) is 2.56. The Kier molecular flexibility index (Phi) is 5.50. The highest BCUT2D eigenvalue weighted by Gasteiger charge is 2.15. The number of hydrogen-bond donors (Lipinski definition) is 0. The minimum absolute atomic E-state index is 0.346. The molecule has 21 heavy (non-hydrogen) atoms. The fourth-order valence-corrected chi connectivity index (χ4v) is 2.56. The fraction of sp³-hybridized carbons (Fsp3) is 0.333. The van der Waals surface area contributed by atoms with Crippen LogP contribution in [0.4, 0.5) is 0 Å². The maximum absolute atomic E-state index is 4.42. The third-order valence-electron chi connectivity index (χ3n) is 3.46. The predicted octanol–water partition coefficient (Wildman–Crippen LogP) is 4.85. The summed E-state index contributed by atoms with van der Waals surface area (Å²) in [6.07, 6.45) is 7.86. The Balaban J connectivity index is 0.000000774. The molecule has 0 aliphatic heterocycles. The summed E-state index contributed by atoms with van der Waals surface area (Å²) >= 11 is 0. The van der Waals surface area contributed by atoms with Crippen LogP contribution in [0.1, 0.15) is 45.2 Å².